The van der Waals surface area contributed by atoms with Gasteiger partial charge >= 0.3 is 0 Å². The molecule has 0 unspecified atom stereocenters. The summed E-state index contributed by atoms with van der Waals surface area (Å²) in [7, 11) is 0. The van der Waals surface area contributed by atoms with Crippen molar-refractivity contribution in [1.82, 2.24) is 0 Å². The van der Waals surface area contributed by atoms with Crippen LogP contribution in [-0.2, 0) is 57.6 Å². The van der Waals surface area contributed by atoms with E-state index >= 15 is 0 Å². The van der Waals surface area contributed by atoms with E-state index in [-0.39, 0.29) is 89.1 Å². The maximum atomic E-state index is 0. The van der Waals surface area contributed by atoms with Crippen molar-refractivity contribution in [2.75, 3.05) is 0 Å². The van der Waals surface area contributed by atoms with Gasteiger partial charge in [-0.1, -0.05) is 0 Å². The van der Waals surface area contributed by atoms with E-state index in [1.165, 1.54) is 0 Å². The monoisotopic (exact) mass is 252 g/mol. The Hall–Kier alpha value is 2.66. The van der Waals surface area contributed by atoms with Crippen LogP contribution in [-0.4, -0.2) is 31.5 Å². The van der Waals surface area contributed by atoms with Gasteiger partial charge in [-0.25, -0.2) is 0 Å². The van der Waals surface area contributed by atoms with Gasteiger partial charge in [0.15, 0.2) is 0 Å². The Morgan fingerprint density at radius 1 is 1.00 bits per heavy atom. The summed E-state index contributed by atoms with van der Waals surface area (Å²) in [5.74, 6) is 0. The van der Waals surface area contributed by atoms with Crippen molar-refractivity contribution in [2.24, 2.45) is 0 Å². The molecule has 0 heterocycles. The summed E-state index contributed by atoms with van der Waals surface area (Å²) in [6, 6.07) is 0. The summed E-state index contributed by atoms with van der Waals surface area (Å²) in [4.78, 5) is 0. The molecule has 0 atom stereocenters. The van der Waals surface area contributed by atoms with Crippen molar-refractivity contribution < 1.29 is 57.6 Å². The Labute approximate surface area is 87.8 Å². The van der Waals surface area contributed by atoms with Crippen LogP contribution in [0.4, 0.5) is 0 Å². The Balaban J connectivity index is 0. The first-order valence-electron chi connectivity index (χ1n) is 0. The van der Waals surface area contributed by atoms with E-state index in [2.05, 4.69) is 0 Å². The fraction of sp³-hybridized carbons (Fsp3) is 0. The van der Waals surface area contributed by atoms with Gasteiger partial charge in [0.2, 0.25) is 0 Å². The standard InChI is InChI=1S/B.Mg.Mn.Mo.Zn. The fourth-order valence-electron chi connectivity index (χ4n) is 0. The molecule has 0 nitrogen and oxygen atoms in total. The summed E-state index contributed by atoms with van der Waals surface area (Å²) < 4.78 is 0. The third-order valence-electron chi connectivity index (χ3n) is 0. The SMILES string of the molecule is [B].[Mg].[Mn].[Mo].[Zn]. The second-order valence-corrected chi connectivity index (χ2v) is 0. The van der Waals surface area contributed by atoms with Crippen LogP contribution in [0.2, 0.25) is 0 Å². The van der Waals surface area contributed by atoms with Crippen molar-refractivity contribution in [1.29, 1.82) is 0 Å². The quantitative estimate of drug-likeness (QED) is 0.496. The van der Waals surface area contributed by atoms with Gasteiger partial charge in [-0.15, -0.1) is 0 Å². The first-order valence-corrected chi connectivity index (χ1v) is 0. The molecule has 6 radical (unpaired) electrons. The fourth-order valence-corrected chi connectivity index (χ4v) is 0. The molecule has 0 N–H and O–H groups in total. The first kappa shape index (κ1) is 48.0. The molecule has 0 aromatic carbocycles. The van der Waals surface area contributed by atoms with Crippen LogP contribution in [0.3, 0.4) is 0 Å². The van der Waals surface area contributed by atoms with Crippen LogP contribution in [0.5, 0.6) is 0 Å². The molecule has 0 aromatic heterocycles. The molecule has 0 aliphatic heterocycles. The number of hydrogen-bond donors (Lipinski definition) is 0. The van der Waals surface area contributed by atoms with E-state index in [4.69, 9.17) is 0 Å². The molecule has 5 heteroatoms. The van der Waals surface area contributed by atoms with Gasteiger partial charge < -0.3 is 0 Å². The molecule has 0 saturated heterocycles. The van der Waals surface area contributed by atoms with E-state index in [1.54, 1.807) is 0 Å². The number of rotatable bonds is 0. The summed E-state index contributed by atoms with van der Waals surface area (Å²) in [6.45, 7) is 0. The Bertz CT molecular complexity index is 11.6. The molecule has 0 spiro atoms. The third kappa shape index (κ3) is 20.4. The van der Waals surface area contributed by atoms with E-state index < -0.39 is 0 Å². The molecule has 0 bridgehead atoms. The Kier molecular flexibility index (Phi) is 289. The molecule has 0 rings (SSSR count). The van der Waals surface area contributed by atoms with Crippen LogP contribution < -0.4 is 0 Å². The molecule has 0 saturated carbocycles. The molecule has 0 aliphatic rings. The molecule has 0 amide bonds. The van der Waals surface area contributed by atoms with Gasteiger partial charge in [-0.3, -0.25) is 0 Å². The van der Waals surface area contributed by atoms with Gasteiger partial charge in [0.05, 0.1) is 0 Å². The first-order chi connectivity index (χ1) is 0. The maximum Gasteiger partial charge on any atom is 0 e. The zero-order valence-electron chi connectivity index (χ0n) is 2.78. The summed E-state index contributed by atoms with van der Waals surface area (Å²) in [6.07, 6.45) is 0. The summed E-state index contributed by atoms with van der Waals surface area (Å²) in [5, 5.41) is 0. The Morgan fingerprint density at radius 3 is 1.00 bits per heavy atom. The van der Waals surface area contributed by atoms with Gasteiger partial charge in [-0.2, -0.15) is 0 Å². The smallest absolute Gasteiger partial charge is 0 e. The average Bonchev–Trinajstić information content (AvgIpc) is 0. The van der Waals surface area contributed by atoms with Crippen molar-refractivity contribution in [3.05, 3.63) is 0 Å². The van der Waals surface area contributed by atoms with Crippen LogP contribution in [0, 0.1) is 0 Å². The zero-order valence-corrected chi connectivity index (χ0v) is 10.3. The average molecular weight is 251 g/mol. The van der Waals surface area contributed by atoms with Crippen molar-refractivity contribution >= 4 is 31.5 Å². The molecule has 0 aliphatic carbocycles. The van der Waals surface area contributed by atoms with E-state index in [0.717, 1.165) is 0 Å². The minimum absolute atomic E-state index is 0. The predicted octanol–water partition coefficient (Wildman–Crippen LogP) is -0.769. The molecule has 0 fully saturated rings. The predicted molar refractivity (Wildman–Crippen MR) is 11.5 cm³/mol. The van der Waals surface area contributed by atoms with Crippen LogP contribution in [0.1, 0.15) is 0 Å². The molecule has 5 heavy (non-hydrogen) atoms. The molecular weight excluding hydrogens is 251 g/mol. The maximum absolute atomic E-state index is 0. The molecule has 0 aromatic rings. The minimum atomic E-state index is 0. The molecular formula is BMgMnMoZn. The van der Waals surface area contributed by atoms with Crippen LogP contribution in [0.15, 0.2) is 0 Å². The van der Waals surface area contributed by atoms with Gasteiger partial charge in [0.1, 0.15) is 0 Å². The van der Waals surface area contributed by atoms with E-state index in [9.17, 15) is 0 Å². The summed E-state index contributed by atoms with van der Waals surface area (Å²) >= 11 is 0. The van der Waals surface area contributed by atoms with E-state index in [0.29, 0.717) is 0 Å². The largest absolute Gasteiger partial charge is 0 e. The zero-order chi connectivity index (χ0) is 0. The van der Waals surface area contributed by atoms with Crippen molar-refractivity contribution in [2.45, 2.75) is 0 Å². The van der Waals surface area contributed by atoms with Crippen molar-refractivity contribution in [3.63, 3.8) is 0 Å². The topological polar surface area (TPSA) is 0 Å². The minimum Gasteiger partial charge on any atom is 0 e. The third-order valence-corrected chi connectivity index (χ3v) is 0. The van der Waals surface area contributed by atoms with Crippen LogP contribution >= 0.6 is 0 Å². The van der Waals surface area contributed by atoms with Gasteiger partial charge in [0.25, 0.3) is 0 Å². The normalized spacial score (nSPS) is 0. The van der Waals surface area contributed by atoms with Gasteiger partial charge in [0, 0.05) is 89.1 Å². The Morgan fingerprint density at radius 2 is 1.00 bits per heavy atom. The van der Waals surface area contributed by atoms with E-state index in [1.807, 2.05) is 0 Å². The second-order valence-electron chi connectivity index (χ2n) is 0. The summed E-state index contributed by atoms with van der Waals surface area (Å²) in [5.41, 5.74) is 0. The van der Waals surface area contributed by atoms with Gasteiger partial charge in [-0.05, 0) is 0 Å². The van der Waals surface area contributed by atoms with Crippen LogP contribution in [0.25, 0.3) is 0 Å². The number of hydrogen-bond acceptors (Lipinski definition) is 0. The van der Waals surface area contributed by atoms with Crippen molar-refractivity contribution in [3.8, 4) is 0 Å². The molecule has 20 valence electrons. The second kappa shape index (κ2) is 30.1.